The zero-order valence-electron chi connectivity index (χ0n) is 17.6. The number of ether oxygens (including phenoxy) is 4. The van der Waals surface area contributed by atoms with Crippen molar-refractivity contribution in [3.63, 3.8) is 0 Å². The predicted octanol–water partition coefficient (Wildman–Crippen LogP) is 5.61. The normalized spacial score (nSPS) is 13.5. The van der Waals surface area contributed by atoms with Crippen molar-refractivity contribution in [3.8, 4) is 23.0 Å². The van der Waals surface area contributed by atoms with E-state index in [0.29, 0.717) is 28.4 Å². The summed E-state index contributed by atoms with van der Waals surface area (Å²) < 4.78 is 23.0. The molecule has 0 amide bonds. The van der Waals surface area contributed by atoms with Gasteiger partial charge in [-0.25, -0.2) is 4.79 Å². The van der Waals surface area contributed by atoms with Gasteiger partial charge in [-0.2, -0.15) is 0 Å². The van der Waals surface area contributed by atoms with Gasteiger partial charge in [0.25, 0.3) is 0 Å². The molecule has 0 bridgehead atoms. The SMILES string of the molecule is COc1cccc(OC)c1C(=O)Oc1ccc2c(c1C)O/C(=C\c1cccc(Br)c1)C2=O. The van der Waals surface area contributed by atoms with Crippen LogP contribution in [0, 0.1) is 6.92 Å². The molecule has 6 nitrogen and oxygen atoms in total. The van der Waals surface area contributed by atoms with Gasteiger partial charge in [-0.3, -0.25) is 4.79 Å². The second-order valence-corrected chi connectivity index (χ2v) is 7.90. The number of fused-ring (bicyclic) bond motifs is 1. The van der Waals surface area contributed by atoms with Gasteiger partial charge in [0, 0.05) is 10.0 Å². The van der Waals surface area contributed by atoms with Gasteiger partial charge in [-0.05, 0) is 55.0 Å². The van der Waals surface area contributed by atoms with Crippen LogP contribution >= 0.6 is 15.9 Å². The number of ketones is 1. The average Bonchev–Trinajstić information content (AvgIpc) is 3.11. The highest BCUT2D eigenvalue weighted by atomic mass is 79.9. The Bertz CT molecular complexity index is 1240. The molecule has 1 heterocycles. The van der Waals surface area contributed by atoms with E-state index in [-0.39, 0.29) is 22.9 Å². The van der Waals surface area contributed by atoms with Gasteiger partial charge < -0.3 is 18.9 Å². The third-order valence-electron chi connectivity index (χ3n) is 5.02. The molecule has 0 fully saturated rings. The van der Waals surface area contributed by atoms with Crippen LogP contribution in [0.4, 0.5) is 0 Å². The van der Waals surface area contributed by atoms with Gasteiger partial charge in [0.05, 0.1) is 19.8 Å². The smallest absolute Gasteiger partial charge is 0.351 e. The summed E-state index contributed by atoms with van der Waals surface area (Å²) in [4.78, 5) is 25.7. The number of carbonyl (C=O) groups is 2. The lowest BCUT2D eigenvalue weighted by atomic mass is 10.1. The number of benzene rings is 3. The number of halogens is 1. The Kier molecular flexibility index (Phi) is 6.01. The standard InChI is InChI=1S/C25H19BrO6/c1-14-18(32-25(28)22-19(29-2)8-5-9-20(22)30-3)11-10-17-23(27)21(31-24(14)17)13-15-6-4-7-16(26)12-15/h4-13H,1-3H3/b21-13-. The van der Waals surface area contributed by atoms with Crippen LogP contribution in [0.25, 0.3) is 6.08 Å². The zero-order chi connectivity index (χ0) is 22.8. The van der Waals surface area contributed by atoms with E-state index in [1.807, 2.05) is 24.3 Å². The minimum atomic E-state index is -0.642. The molecule has 3 aromatic carbocycles. The van der Waals surface area contributed by atoms with Crippen molar-refractivity contribution in [2.24, 2.45) is 0 Å². The second kappa shape index (κ2) is 8.88. The quantitative estimate of drug-likeness (QED) is 0.260. The van der Waals surface area contributed by atoms with Crippen molar-refractivity contribution in [3.05, 3.63) is 87.1 Å². The summed E-state index contributed by atoms with van der Waals surface area (Å²) in [6.07, 6.45) is 1.68. The maximum Gasteiger partial charge on any atom is 0.351 e. The molecule has 0 atom stereocenters. The number of esters is 1. The maximum atomic E-state index is 12.9. The van der Waals surface area contributed by atoms with E-state index in [1.165, 1.54) is 14.2 Å². The Morgan fingerprint density at radius 1 is 0.969 bits per heavy atom. The third-order valence-corrected chi connectivity index (χ3v) is 5.51. The molecular weight excluding hydrogens is 476 g/mol. The molecule has 0 spiro atoms. The van der Waals surface area contributed by atoms with E-state index in [1.54, 1.807) is 43.3 Å². The van der Waals surface area contributed by atoms with Gasteiger partial charge in [0.1, 0.15) is 28.6 Å². The molecule has 162 valence electrons. The molecule has 0 aromatic heterocycles. The first kappa shape index (κ1) is 21.6. The Morgan fingerprint density at radius 2 is 1.66 bits per heavy atom. The fourth-order valence-electron chi connectivity index (χ4n) is 3.43. The highest BCUT2D eigenvalue weighted by molar-refractivity contribution is 9.10. The van der Waals surface area contributed by atoms with E-state index >= 15 is 0 Å². The average molecular weight is 495 g/mol. The first-order valence-corrected chi connectivity index (χ1v) is 10.5. The van der Waals surface area contributed by atoms with Crippen LogP contribution < -0.4 is 18.9 Å². The van der Waals surface area contributed by atoms with E-state index < -0.39 is 5.97 Å². The largest absolute Gasteiger partial charge is 0.496 e. The fraction of sp³-hybridized carbons (Fsp3) is 0.120. The molecule has 0 aliphatic carbocycles. The molecule has 1 aliphatic heterocycles. The van der Waals surface area contributed by atoms with Crippen molar-refractivity contribution >= 4 is 33.8 Å². The van der Waals surface area contributed by atoms with Crippen molar-refractivity contribution in [2.75, 3.05) is 14.2 Å². The molecule has 32 heavy (non-hydrogen) atoms. The van der Waals surface area contributed by atoms with E-state index in [9.17, 15) is 9.59 Å². The Labute approximate surface area is 193 Å². The molecular formula is C25H19BrO6. The third kappa shape index (κ3) is 3.99. The van der Waals surface area contributed by atoms with Gasteiger partial charge in [-0.1, -0.05) is 34.1 Å². The summed E-state index contributed by atoms with van der Waals surface area (Å²) in [7, 11) is 2.93. The lowest BCUT2D eigenvalue weighted by Gasteiger charge is -2.14. The summed E-state index contributed by atoms with van der Waals surface area (Å²) in [5.74, 6) is 0.643. The molecule has 0 radical (unpaired) electrons. The minimum absolute atomic E-state index is 0.171. The molecule has 0 saturated carbocycles. The van der Waals surface area contributed by atoms with Crippen LogP contribution in [0.5, 0.6) is 23.0 Å². The number of allylic oxidation sites excluding steroid dienone is 1. The summed E-state index contributed by atoms with van der Waals surface area (Å²) >= 11 is 3.42. The van der Waals surface area contributed by atoms with Gasteiger partial charge in [0.15, 0.2) is 5.76 Å². The van der Waals surface area contributed by atoms with Crippen molar-refractivity contribution in [1.29, 1.82) is 0 Å². The van der Waals surface area contributed by atoms with Gasteiger partial charge in [-0.15, -0.1) is 0 Å². The molecule has 0 saturated heterocycles. The van der Waals surface area contributed by atoms with E-state index in [0.717, 1.165) is 10.0 Å². The van der Waals surface area contributed by atoms with Crippen LogP contribution in [0.2, 0.25) is 0 Å². The summed E-state index contributed by atoms with van der Waals surface area (Å²) in [6.45, 7) is 1.73. The van der Waals surface area contributed by atoms with E-state index in [2.05, 4.69) is 15.9 Å². The van der Waals surface area contributed by atoms with Crippen molar-refractivity contribution in [2.45, 2.75) is 6.92 Å². The summed E-state index contributed by atoms with van der Waals surface area (Å²) in [5, 5.41) is 0. The molecule has 3 aromatic rings. The zero-order valence-corrected chi connectivity index (χ0v) is 19.2. The topological polar surface area (TPSA) is 71.1 Å². The number of carbonyl (C=O) groups excluding carboxylic acids is 2. The van der Waals surface area contributed by atoms with Gasteiger partial charge >= 0.3 is 5.97 Å². The van der Waals surface area contributed by atoms with Crippen molar-refractivity contribution < 1.29 is 28.5 Å². The number of methoxy groups -OCH3 is 2. The Balaban J connectivity index is 1.65. The van der Waals surface area contributed by atoms with E-state index in [4.69, 9.17) is 18.9 Å². The summed E-state index contributed by atoms with van der Waals surface area (Å²) in [6, 6.07) is 15.7. The fourth-order valence-corrected chi connectivity index (χ4v) is 3.85. The van der Waals surface area contributed by atoms with Crippen LogP contribution in [-0.2, 0) is 0 Å². The monoisotopic (exact) mass is 494 g/mol. The number of Topliss-reactive ketones (excluding diaryl/α,β-unsaturated/α-hetero) is 1. The van der Waals surface area contributed by atoms with Crippen LogP contribution in [0.1, 0.15) is 31.8 Å². The summed E-state index contributed by atoms with van der Waals surface area (Å²) in [5.41, 5.74) is 1.95. The number of hydrogen-bond acceptors (Lipinski definition) is 6. The lowest BCUT2D eigenvalue weighted by Crippen LogP contribution is -2.12. The lowest BCUT2D eigenvalue weighted by molar-refractivity contribution is 0.0726. The molecule has 1 aliphatic rings. The minimum Gasteiger partial charge on any atom is -0.496 e. The van der Waals surface area contributed by atoms with Crippen molar-refractivity contribution in [1.82, 2.24) is 0 Å². The predicted molar refractivity (Wildman–Crippen MR) is 123 cm³/mol. The first-order chi connectivity index (χ1) is 15.4. The maximum absolute atomic E-state index is 12.9. The van der Waals surface area contributed by atoms with Gasteiger partial charge in [0.2, 0.25) is 5.78 Å². The first-order valence-electron chi connectivity index (χ1n) is 9.69. The highest BCUT2D eigenvalue weighted by Gasteiger charge is 2.31. The number of rotatable bonds is 5. The molecule has 7 heteroatoms. The Hall–Kier alpha value is -3.58. The van der Waals surface area contributed by atoms with Crippen LogP contribution in [0.15, 0.2) is 64.8 Å². The Morgan fingerprint density at radius 3 is 2.31 bits per heavy atom. The molecule has 0 unspecified atom stereocenters. The molecule has 0 N–H and O–H groups in total. The molecule has 4 rings (SSSR count). The second-order valence-electron chi connectivity index (χ2n) is 6.99. The van der Waals surface area contributed by atoms with Crippen LogP contribution in [0.3, 0.4) is 0 Å². The number of hydrogen-bond donors (Lipinski definition) is 0. The van der Waals surface area contributed by atoms with Crippen LogP contribution in [-0.4, -0.2) is 26.0 Å². The highest BCUT2D eigenvalue weighted by Crippen LogP contribution is 2.40.